The van der Waals surface area contributed by atoms with Gasteiger partial charge in [0.05, 0.1) is 10.2 Å². The van der Waals surface area contributed by atoms with Gasteiger partial charge in [-0.1, -0.05) is 24.3 Å². The number of benzene rings is 2. The Hall–Kier alpha value is -2.64. The number of hydrogen-bond acceptors (Lipinski definition) is 4. The van der Waals surface area contributed by atoms with E-state index in [9.17, 15) is 10.4 Å². The van der Waals surface area contributed by atoms with Crippen molar-refractivity contribution in [3.05, 3.63) is 64.2 Å². The first-order valence-corrected chi connectivity index (χ1v) is 7.68. The van der Waals surface area contributed by atoms with E-state index in [-0.39, 0.29) is 11.3 Å². The Morgan fingerprint density at radius 2 is 1.91 bits per heavy atom. The summed E-state index contributed by atoms with van der Waals surface area (Å²) in [6.45, 7) is 3.99. The van der Waals surface area contributed by atoms with Crippen LogP contribution in [-0.4, -0.2) is 10.1 Å². The number of allylic oxidation sites excluding steroid dienone is 1. The maximum Gasteiger partial charge on any atom is 0.143 e. The van der Waals surface area contributed by atoms with Gasteiger partial charge in [-0.25, -0.2) is 4.98 Å². The molecule has 0 aliphatic carbocycles. The van der Waals surface area contributed by atoms with E-state index in [0.717, 1.165) is 21.3 Å². The molecule has 0 unspecified atom stereocenters. The van der Waals surface area contributed by atoms with E-state index in [0.29, 0.717) is 10.6 Å². The van der Waals surface area contributed by atoms with E-state index in [2.05, 4.69) is 11.1 Å². The van der Waals surface area contributed by atoms with Crippen LogP contribution >= 0.6 is 11.3 Å². The number of hydrogen-bond donors (Lipinski definition) is 1. The number of fused-ring (bicyclic) bond motifs is 1. The minimum atomic E-state index is -0.0235. The molecular formula is C18H14N2OS. The predicted octanol–water partition coefficient (Wildman–Crippen LogP) is 4.86. The Morgan fingerprint density at radius 1 is 1.14 bits per heavy atom. The third-order valence-corrected chi connectivity index (χ3v) is 4.69. The van der Waals surface area contributed by atoms with Crippen LogP contribution in [0.4, 0.5) is 0 Å². The zero-order valence-electron chi connectivity index (χ0n) is 12.3. The van der Waals surface area contributed by atoms with Crippen LogP contribution in [0.2, 0.25) is 0 Å². The summed E-state index contributed by atoms with van der Waals surface area (Å²) in [7, 11) is 0. The second-order valence-corrected chi connectivity index (χ2v) is 6.15. The lowest BCUT2D eigenvalue weighted by molar-refractivity contribution is 0.514. The molecule has 3 rings (SSSR count). The molecule has 0 amide bonds. The fourth-order valence-corrected chi connectivity index (χ4v) is 3.18. The van der Waals surface area contributed by atoms with Crippen molar-refractivity contribution in [3.63, 3.8) is 0 Å². The third kappa shape index (κ3) is 2.47. The van der Waals surface area contributed by atoms with Crippen LogP contribution in [-0.2, 0) is 0 Å². The van der Waals surface area contributed by atoms with Crippen molar-refractivity contribution < 1.29 is 5.11 Å². The van der Waals surface area contributed by atoms with Gasteiger partial charge < -0.3 is 5.11 Å². The number of rotatable bonds is 2. The highest BCUT2D eigenvalue weighted by molar-refractivity contribution is 7.19. The lowest BCUT2D eigenvalue weighted by Crippen LogP contribution is -1.92. The molecule has 3 nitrogen and oxygen atoms in total. The molecule has 0 saturated carbocycles. The highest BCUT2D eigenvalue weighted by Crippen LogP contribution is 2.31. The number of aromatic nitrogens is 1. The molecule has 1 N–H and O–H groups in total. The van der Waals surface area contributed by atoms with Crippen molar-refractivity contribution in [3.8, 4) is 6.07 Å². The molecule has 0 aliphatic rings. The quantitative estimate of drug-likeness (QED) is 0.543. The van der Waals surface area contributed by atoms with E-state index < -0.39 is 0 Å². The Kier molecular flexibility index (Phi) is 3.66. The molecule has 0 bridgehead atoms. The monoisotopic (exact) mass is 306 g/mol. The Labute approximate surface area is 132 Å². The normalized spacial score (nSPS) is 12.0. The number of aliphatic hydroxyl groups excluding tert-OH is 1. The maximum atomic E-state index is 10.5. The van der Waals surface area contributed by atoms with Gasteiger partial charge in [0.15, 0.2) is 0 Å². The maximum absolute atomic E-state index is 10.5. The highest BCUT2D eigenvalue weighted by atomic mass is 32.1. The highest BCUT2D eigenvalue weighted by Gasteiger charge is 2.15. The Balaban J connectivity index is 2.16. The topological polar surface area (TPSA) is 56.9 Å². The fraction of sp³-hybridized carbons (Fsp3) is 0.111. The standard InChI is InChI=1S/C18H14N2OS/c1-11-7-8-13(9-12(11)2)17(21)14(10-19)18-20-15-5-3-4-6-16(15)22-18/h3-9,21H,1-2H3/b17-14-. The van der Waals surface area contributed by atoms with E-state index in [1.807, 2.05) is 56.3 Å². The minimum Gasteiger partial charge on any atom is -0.506 e. The Bertz CT molecular complexity index is 899. The molecule has 0 atom stereocenters. The number of nitriles is 1. The first-order valence-electron chi connectivity index (χ1n) is 6.87. The summed E-state index contributed by atoms with van der Waals surface area (Å²) in [4.78, 5) is 4.45. The zero-order chi connectivity index (χ0) is 15.7. The molecular weight excluding hydrogens is 292 g/mol. The molecule has 0 radical (unpaired) electrons. The molecule has 0 saturated heterocycles. The molecule has 0 spiro atoms. The van der Waals surface area contributed by atoms with Crippen LogP contribution in [0, 0.1) is 25.2 Å². The van der Waals surface area contributed by atoms with Crippen molar-refractivity contribution in [2.45, 2.75) is 13.8 Å². The average molecular weight is 306 g/mol. The van der Waals surface area contributed by atoms with Crippen LogP contribution in [0.5, 0.6) is 0 Å². The summed E-state index contributed by atoms with van der Waals surface area (Å²) in [5.74, 6) is -0.0235. The summed E-state index contributed by atoms with van der Waals surface area (Å²) in [5, 5.41) is 20.5. The fourth-order valence-electron chi connectivity index (χ4n) is 2.21. The summed E-state index contributed by atoms with van der Waals surface area (Å²) in [5.41, 5.74) is 3.91. The second kappa shape index (κ2) is 5.63. The smallest absolute Gasteiger partial charge is 0.143 e. The summed E-state index contributed by atoms with van der Waals surface area (Å²) < 4.78 is 0.998. The predicted molar refractivity (Wildman–Crippen MR) is 90.6 cm³/mol. The van der Waals surface area contributed by atoms with Crippen LogP contribution in [0.25, 0.3) is 21.5 Å². The summed E-state index contributed by atoms with van der Waals surface area (Å²) >= 11 is 1.41. The molecule has 0 fully saturated rings. The van der Waals surface area contributed by atoms with Gasteiger partial charge in [-0.05, 0) is 43.2 Å². The van der Waals surface area contributed by atoms with Gasteiger partial charge in [0, 0.05) is 5.56 Å². The molecule has 1 heterocycles. The van der Waals surface area contributed by atoms with Gasteiger partial charge in [-0.2, -0.15) is 5.26 Å². The van der Waals surface area contributed by atoms with Gasteiger partial charge in [-0.15, -0.1) is 11.3 Å². The summed E-state index contributed by atoms with van der Waals surface area (Å²) in [6.07, 6.45) is 0. The first kappa shape index (κ1) is 14.3. The van der Waals surface area contributed by atoms with E-state index in [4.69, 9.17) is 0 Å². The number of thiazole rings is 1. The van der Waals surface area contributed by atoms with Gasteiger partial charge in [0.2, 0.25) is 0 Å². The van der Waals surface area contributed by atoms with Crippen LogP contribution in [0.1, 0.15) is 21.7 Å². The van der Waals surface area contributed by atoms with Crippen molar-refractivity contribution in [2.24, 2.45) is 0 Å². The van der Waals surface area contributed by atoms with Crippen LogP contribution in [0.15, 0.2) is 42.5 Å². The van der Waals surface area contributed by atoms with Gasteiger partial charge in [0.1, 0.15) is 22.4 Å². The van der Waals surface area contributed by atoms with E-state index in [1.165, 1.54) is 11.3 Å². The lowest BCUT2D eigenvalue weighted by Gasteiger charge is -2.06. The van der Waals surface area contributed by atoms with E-state index in [1.54, 1.807) is 0 Å². The number of nitrogens with zero attached hydrogens (tertiary/aromatic N) is 2. The number of aryl methyl sites for hydroxylation is 2. The number of aliphatic hydroxyl groups is 1. The minimum absolute atomic E-state index is 0.0235. The van der Waals surface area contributed by atoms with Crippen molar-refractivity contribution in [1.82, 2.24) is 4.98 Å². The van der Waals surface area contributed by atoms with Crippen LogP contribution in [0.3, 0.4) is 0 Å². The van der Waals surface area contributed by atoms with Crippen molar-refractivity contribution in [1.29, 1.82) is 5.26 Å². The Morgan fingerprint density at radius 3 is 2.59 bits per heavy atom. The lowest BCUT2D eigenvalue weighted by atomic mass is 10.0. The SMILES string of the molecule is Cc1ccc(/C(O)=C(\C#N)c2nc3ccccc3s2)cc1C. The third-order valence-electron chi connectivity index (χ3n) is 3.64. The second-order valence-electron chi connectivity index (χ2n) is 5.12. The summed E-state index contributed by atoms with van der Waals surface area (Å²) in [6, 6.07) is 15.4. The van der Waals surface area contributed by atoms with Crippen molar-refractivity contribution in [2.75, 3.05) is 0 Å². The van der Waals surface area contributed by atoms with Crippen LogP contribution < -0.4 is 0 Å². The van der Waals surface area contributed by atoms with Crippen molar-refractivity contribution >= 4 is 32.9 Å². The van der Waals surface area contributed by atoms with Gasteiger partial charge >= 0.3 is 0 Å². The molecule has 22 heavy (non-hydrogen) atoms. The molecule has 0 aliphatic heterocycles. The number of para-hydroxylation sites is 1. The molecule has 108 valence electrons. The average Bonchev–Trinajstić information content (AvgIpc) is 2.94. The molecule has 1 aromatic heterocycles. The zero-order valence-corrected chi connectivity index (χ0v) is 13.1. The molecule has 4 heteroatoms. The van der Waals surface area contributed by atoms with Gasteiger partial charge in [0.25, 0.3) is 0 Å². The molecule has 3 aromatic rings. The van der Waals surface area contributed by atoms with Gasteiger partial charge in [-0.3, -0.25) is 0 Å². The van der Waals surface area contributed by atoms with E-state index >= 15 is 0 Å². The first-order chi connectivity index (χ1) is 10.6. The largest absolute Gasteiger partial charge is 0.506 e. The molecule has 2 aromatic carbocycles.